The van der Waals surface area contributed by atoms with Gasteiger partial charge in [0, 0.05) is 25.7 Å². The van der Waals surface area contributed by atoms with E-state index in [1.165, 1.54) is 24.9 Å². The Morgan fingerprint density at radius 3 is 2.72 bits per heavy atom. The summed E-state index contributed by atoms with van der Waals surface area (Å²) in [6.45, 7) is 13.5. The molecule has 0 spiro atoms. The fourth-order valence-electron chi connectivity index (χ4n) is 4.05. The first kappa shape index (κ1) is 22.1. The molecule has 0 aromatic heterocycles. The van der Waals surface area contributed by atoms with E-state index < -0.39 is 6.10 Å². The highest BCUT2D eigenvalue weighted by molar-refractivity contribution is 5.79. The number of aliphatic hydroxyl groups excluding tert-OH is 1. The van der Waals surface area contributed by atoms with Gasteiger partial charge in [0.2, 0.25) is 0 Å². The maximum Gasteiger partial charge on any atom is 0.191 e. The van der Waals surface area contributed by atoms with Gasteiger partial charge in [-0.1, -0.05) is 45.0 Å². The van der Waals surface area contributed by atoms with Gasteiger partial charge >= 0.3 is 0 Å². The molecule has 3 atom stereocenters. The quantitative estimate of drug-likeness (QED) is 0.504. The smallest absolute Gasteiger partial charge is 0.191 e. The molecule has 6 nitrogen and oxygen atoms in total. The fourth-order valence-corrected chi connectivity index (χ4v) is 4.05. The van der Waals surface area contributed by atoms with Crippen molar-refractivity contribution in [3.63, 3.8) is 0 Å². The predicted octanol–water partition coefficient (Wildman–Crippen LogP) is 2.44. The van der Waals surface area contributed by atoms with Crippen molar-refractivity contribution in [2.75, 3.05) is 39.3 Å². The van der Waals surface area contributed by atoms with Gasteiger partial charge in [0.25, 0.3) is 0 Å². The van der Waals surface area contributed by atoms with E-state index in [1.807, 2.05) is 19.1 Å². The summed E-state index contributed by atoms with van der Waals surface area (Å²) >= 11 is 0. The minimum Gasteiger partial charge on any atom is -0.386 e. The molecule has 0 aliphatic carbocycles. The molecule has 29 heavy (non-hydrogen) atoms. The topological polar surface area (TPSA) is 69.1 Å². The van der Waals surface area contributed by atoms with Gasteiger partial charge in [-0.2, -0.15) is 0 Å². The maximum absolute atomic E-state index is 10.6. The lowest BCUT2D eigenvalue weighted by molar-refractivity contribution is -0.0453. The van der Waals surface area contributed by atoms with Crippen LogP contribution in [-0.2, 0) is 10.2 Å². The summed E-state index contributed by atoms with van der Waals surface area (Å²) < 4.78 is 6.02. The molecule has 3 N–H and O–H groups in total. The Bertz CT molecular complexity index is 668. The van der Waals surface area contributed by atoms with Crippen LogP contribution >= 0.6 is 0 Å². The number of nitrogens with zero attached hydrogens (tertiary/aromatic N) is 2. The maximum atomic E-state index is 10.6. The molecule has 2 aliphatic heterocycles. The van der Waals surface area contributed by atoms with Crippen molar-refractivity contribution in [2.45, 2.75) is 64.2 Å². The number of hydrogen-bond donors (Lipinski definition) is 3. The van der Waals surface area contributed by atoms with Crippen molar-refractivity contribution in [1.29, 1.82) is 0 Å². The van der Waals surface area contributed by atoms with Crippen LogP contribution in [0, 0.1) is 0 Å². The zero-order valence-corrected chi connectivity index (χ0v) is 18.4. The predicted molar refractivity (Wildman–Crippen MR) is 118 cm³/mol. The highest BCUT2D eigenvalue weighted by Gasteiger charge is 2.32. The SMILES string of the molecule is CCNC(=NCC(O)c1ccc(C(C)(C)C)cc1)NCC1CN2CCCC2CO1. The summed E-state index contributed by atoms with van der Waals surface area (Å²) in [7, 11) is 0. The minimum absolute atomic E-state index is 0.111. The first-order chi connectivity index (χ1) is 13.9. The van der Waals surface area contributed by atoms with Crippen molar-refractivity contribution in [2.24, 2.45) is 4.99 Å². The highest BCUT2D eigenvalue weighted by atomic mass is 16.5. The molecule has 1 aromatic carbocycles. The number of aliphatic hydroxyl groups is 1. The zero-order chi connectivity index (χ0) is 20.9. The minimum atomic E-state index is -0.615. The molecular weight excluding hydrogens is 364 g/mol. The van der Waals surface area contributed by atoms with Crippen molar-refractivity contribution in [1.82, 2.24) is 15.5 Å². The molecule has 0 bridgehead atoms. The normalized spacial score (nSPS) is 24.2. The van der Waals surface area contributed by atoms with Gasteiger partial charge < -0.3 is 20.5 Å². The third-order valence-corrected chi connectivity index (χ3v) is 5.89. The number of benzene rings is 1. The average Bonchev–Trinajstić information content (AvgIpc) is 3.17. The number of rotatable bonds is 6. The van der Waals surface area contributed by atoms with Crippen molar-refractivity contribution in [3.05, 3.63) is 35.4 Å². The molecule has 2 heterocycles. The lowest BCUT2D eigenvalue weighted by Gasteiger charge is -2.35. The Kier molecular flexibility index (Phi) is 7.55. The largest absolute Gasteiger partial charge is 0.386 e. The number of hydrogen-bond acceptors (Lipinski definition) is 4. The Balaban J connectivity index is 1.51. The van der Waals surface area contributed by atoms with Gasteiger partial charge in [0.1, 0.15) is 0 Å². The van der Waals surface area contributed by atoms with Crippen LogP contribution in [0.4, 0.5) is 0 Å². The van der Waals surface area contributed by atoms with Gasteiger partial charge in [0.05, 0.1) is 25.4 Å². The number of nitrogens with one attached hydrogen (secondary N) is 2. The molecule has 2 aliphatic rings. The van der Waals surface area contributed by atoms with E-state index in [-0.39, 0.29) is 11.5 Å². The monoisotopic (exact) mass is 402 g/mol. The molecular formula is C23H38N4O2. The Hall–Kier alpha value is -1.63. The summed E-state index contributed by atoms with van der Waals surface area (Å²) in [6.07, 6.45) is 2.12. The number of guanidine groups is 1. The van der Waals surface area contributed by atoms with Gasteiger partial charge in [-0.15, -0.1) is 0 Å². The van der Waals surface area contributed by atoms with E-state index in [0.29, 0.717) is 12.6 Å². The first-order valence-corrected chi connectivity index (χ1v) is 11.0. The highest BCUT2D eigenvalue weighted by Crippen LogP contribution is 2.24. The molecule has 6 heteroatoms. The number of fused-ring (bicyclic) bond motifs is 1. The molecule has 1 aromatic rings. The summed E-state index contributed by atoms with van der Waals surface area (Å²) in [4.78, 5) is 7.13. The second kappa shape index (κ2) is 9.92. The Morgan fingerprint density at radius 2 is 2.03 bits per heavy atom. The molecule has 162 valence electrons. The van der Waals surface area contributed by atoms with E-state index in [1.54, 1.807) is 0 Å². The van der Waals surface area contributed by atoms with E-state index in [2.05, 4.69) is 53.4 Å². The van der Waals surface area contributed by atoms with Gasteiger partial charge in [-0.25, -0.2) is 0 Å². The van der Waals surface area contributed by atoms with Crippen molar-refractivity contribution >= 4 is 5.96 Å². The van der Waals surface area contributed by atoms with Gasteiger partial charge in [-0.05, 0) is 42.9 Å². The van der Waals surface area contributed by atoms with Crippen LogP contribution in [0.3, 0.4) is 0 Å². The lowest BCUT2D eigenvalue weighted by Crippen LogP contribution is -2.51. The lowest BCUT2D eigenvalue weighted by atomic mass is 9.86. The second-order valence-electron chi connectivity index (χ2n) is 9.23. The van der Waals surface area contributed by atoms with E-state index in [9.17, 15) is 5.11 Å². The third kappa shape index (κ3) is 6.17. The molecule has 3 rings (SSSR count). The molecule has 2 saturated heterocycles. The molecule has 0 amide bonds. The average molecular weight is 403 g/mol. The van der Waals surface area contributed by atoms with E-state index in [4.69, 9.17) is 4.74 Å². The molecule has 0 saturated carbocycles. The van der Waals surface area contributed by atoms with Crippen molar-refractivity contribution < 1.29 is 9.84 Å². The second-order valence-corrected chi connectivity index (χ2v) is 9.23. The van der Waals surface area contributed by atoms with Crippen LogP contribution in [0.1, 0.15) is 57.8 Å². The summed E-state index contributed by atoms with van der Waals surface area (Å²) in [6, 6.07) is 8.82. The third-order valence-electron chi connectivity index (χ3n) is 5.89. The van der Waals surface area contributed by atoms with E-state index in [0.717, 1.165) is 37.8 Å². The number of morpholine rings is 1. The zero-order valence-electron chi connectivity index (χ0n) is 18.4. The van der Waals surface area contributed by atoms with Crippen LogP contribution in [0.15, 0.2) is 29.3 Å². The summed E-state index contributed by atoms with van der Waals surface area (Å²) in [5, 5.41) is 17.2. The van der Waals surface area contributed by atoms with Crippen LogP contribution < -0.4 is 10.6 Å². The van der Waals surface area contributed by atoms with Crippen LogP contribution in [0.2, 0.25) is 0 Å². The molecule has 0 radical (unpaired) electrons. The fraction of sp³-hybridized carbons (Fsp3) is 0.696. The summed E-state index contributed by atoms with van der Waals surface area (Å²) in [5.74, 6) is 0.727. The molecule has 2 fully saturated rings. The first-order valence-electron chi connectivity index (χ1n) is 11.0. The number of ether oxygens (including phenoxy) is 1. The Morgan fingerprint density at radius 1 is 1.28 bits per heavy atom. The van der Waals surface area contributed by atoms with Crippen LogP contribution in [0.5, 0.6) is 0 Å². The van der Waals surface area contributed by atoms with Crippen LogP contribution in [0.25, 0.3) is 0 Å². The van der Waals surface area contributed by atoms with Gasteiger partial charge in [0.15, 0.2) is 5.96 Å². The standard InChI is InChI=1S/C23H38N4O2/c1-5-24-22(25-13-20-15-27-12-6-7-19(27)16-29-20)26-14-21(28)17-8-10-18(11-9-17)23(2,3)4/h8-11,19-21,28H,5-7,12-16H2,1-4H3,(H2,24,25,26). The van der Waals surface area contributed by atoms with Crippen LogP contribution in [-0.4, -0.2) is 67.4 Å². The summed E-state index contributed by atoms with van der Waals surface area (Å²) in [5.41, 5.74) is 2.27. The Labute approximate surface area is 175 Å². The number of aliphatic imine (C=N–C) groups is 1. The molecule has 3 unspecified atom stereocenters. The van der Waals surface area contributed by atoms with Crippen molar-refractivity contribution in [3.8, 4) is 0 Å². The van der Waals surface area contributed by atoms with E-state index >= 15 is 0 Å². The van der Waals surface area contributed by atoms with Gasteiger partial charge in [-0.3, -0.25) is 9.89 Å².